The molecule has 0 aliphatic heterocycles. The Morgan fingerprint density at radius 1 is 1.27 bits per heavy atom. The molecule has 1 rings (SSSR count). The summed E-state index contributed by atoms with van der Waals surface area (Å²) in [7, 11) is 0. The molecule has 0 fully saturated rings. The first-order valence-electron chi connectivity index (χ1n) is 2.59. The minimum atomic E-state index is -0.879. The van der Waals surface area contributed by atoms with E-state index in [1.54, 1.807) is 30.3 Å². The molecule has 0 aliphatic carbocycles. The Kier molecular flexibility index (Phi) is 9.55. The van der Waals surface area contributed by atoms with E-state index in [2.05, 4.69) is 0 Å². The molecule has 54 valence electrons. The molecule has 0 aliphatic rings. The van der Waals surface area contributed by atoms with Crippen LogP contribution in [0.1, 0.15) is 16.1 Å². The van der Waals surface area contributed by atoms with Crippen molar-refractivity contribution in [3.63, 3.8) is 0 Å². The van der Waals surface area contributed by atoms with Gasteiger partial charge in [0.25, 0.3) is 0 Å². The molecule has 0 spiro atoms. The molecule has 0 bridgehead atoms. The van der Waals surface area contributed by atoms with Crippen LogP contribution in [-0.2, 0) is 0 Å². The number of benzene rings is 1. The average molecular weight is 191 g/mol. The van der Waals surface area contributed by atoms with Gasteiger partial charge in [0.15, 0.2) is 0 Å². The number of carboxylic acids is 1. The van der Waals surface area contributed by atoms with Gasteiger partial charge in [-0.2, -0.15) is 0 Å². The van der Waals surface area contributed by atoms with Gasteiger partial charge in [-0.1, -0.05) is 18.2 Å². The van der Waals surface area contributed by atoms with Gasteiger partial charge in [0.2, 0.25) is 0 Å². The molecule has 0 saturated heterocycles. The summed E-state index contributed by atoms with van der Waals surface area (Å²) >= 11 is 0. The van der Waals surface area contributed by atoms with Gasteiger partial charge in [-0.25, -0.2) is 4.79 Å². The van der Waals surface area contributed by atoms with E-state index >= 15 is 0 Å². The fourth-order valence-corrected chi connectivity index (χ4v) is 0.581. The van der Waals surface area contributed by atoms with E-state index in [-0.39, 0.29) is 66.5 Å². The quantitative estimate of drug-likeness (QED) is 0.673. The first kappa shape index (κ1) is 14.3. The second-order valence-corrected chi connectivity index (χ2v) is 1.67. The van der Waals surface area contributed by atoms with Gasteiger partial charge in [-0.3, -0.25) is 0 Å². The van der Waals surface area contributed by atoms with Gasteiger partial charge in [-0.05, 0) is 12.1 Å². The summed E-state index contributed by atoms with van der Waals surface area (Å²) in [6, 6.07) is 8.30. The minimum Gasteiger partial charge on any atom is -1.00 e. The van der Waals surface area contributed by atoms with Gasteiger partial charge in [-0.15, -0.1) is 0 Å². The van der Waals surface area contributed by atoms with Crippen LogP contribution in [0, 0.1) is 0 Å². The van der Waals surface area contributed by atoms with Crippen LogP contribution in [0.2, 0.25) is 0 Å². The Labute approximate surface area is 117 Å². The van der Waals surface area contributed by atoms with Crippen molar-refractivity contribution in [2.24, 2.45) is 0 Å². The van der Waals surface area contributed by atoms with E-state index in [0.717, 1.165) is 0 Å². The predicted molar refractivity (Wildman–Crippen MR) is 49.4 cm³/mol. The summed E-state index contributed by atoms with van der Waals surface area (Å²) in [6.07, 6.45) is 0. The zero-order valence-electron chi connectivity index (χ0n) is 10.2. The van der Waals surface area contributed by atoms with E-state index in [1.807, 2.05) is 0 Å². The molecule has 0 atom stereocenters. The molecule has 0 saturated carbocycles. The topological polar surface area (TPSA) is 37.3 Å². The van der Waals surface area contributed by atoms with Crippen LogP contribution in [0.4, 0.5) is 0 Å². The Morgan fingerprint density at radius 2 is 1.73 bits per heavy atom. The summed E-state index contributed by atoms with van der Waals surface area (Å²) < 4.78 is 0. The van der Waals surface area contributed by atoms with Crippen LogP contribution in [-0.4, -0.2) is 71.9 Å². The molecule has 0 amide bonds. The van der Waals surface area contributed by atoms with Crippen molar-refractivity contribution in [3.05, 3.63) is 35.9 Å². The zero-order chi connectivity index (χ0) is 6.69. The van der Waals surface area contributed by atoms with Crippen molar-refractivity contribution in [1.29, 1.82) is 0 Å². The van der Waals surface area contributed by atoms with Gasteiger partial charge in [0, 0.05) is 0 Å². The molecule has 4 heteroatoms. The third-order valence-corrected chi connectivity index (χ3v) is 1.02. The summed E-state index contributed by atoms with van der Waals surface area (Å²) in [5.41, 5.74) is 0.331. The van der Waals surface area contributed by atoms with E-state index in [1.165, 1.54) is 0 Å². The Hall–Kier alpha value is 0.716. The Morgan fingerprint density at radius 3 is 2.00 bits per heavy atom. The number of aromatic carboxylic acids is 1. The first-order chi connectivity index (χ1) is 4.30. The molecule has 2 nitrogen and oxygen atoms in total. The minimum absolute atomic E-state index is 0. The van der Waals surface area contributed by atoms with Gasteiger partial charge in [0.05, 0.1) is 5.56 Å². The van der Waals surface area contributed by atoms with Crippen LogP contribution in [0.15, 0.2) is 30.3 Å². The maximum absolute atomic E-state index is 10.2. The normalized spacial score (nSPS) is 7.27. The first-order valence-corrected chi connectivity index (χ1v) is 2.59. The van der Waals surface area contributed by atoms with Gasteiger partial charge in [0.1, 0.15) is 0 Å². The SMILES string of the molecule is O=C(O)c1ccccc1.[Ca+2].[H-].[H-].[H-].[H-].[Mg+2]. The van der Waals surface area contributed by atoms with E-state index in [4.69, 9.17) is 5.11 Å². The zero-order valence-corrected chi connectivity index (χ0v) is 9.78. The van der Waals surface area contributed by atoms with Crippen molar-refractivity contribution < 1.29 is 15.6 Å². The van der Waals surface area contributed by atoms with E-state index < -0.39 is 5.97 Å². The fraction of sp³-hybridized carbons (Fsp3) is 0. The van der Waals surface area contributed by atoms with E-state index in [0.29, 0.717) is 5.56 Å². The molecule has 0 aromatic heterocycles. The molecule has 1 N–H and O–H groups in total. The predicted octanol–water partition coefficient (Wildman–Crippen LogP) is 1.07. The molecule has 1 aromatic carbocycles. The number of hydrogen-bond acceptors (Lipinski definition) is 1. The monoisotopic (exact) mass is 190 g/mol. The third kappa shape index (κ3) is 5.03. The molecule has 0 unspecified atom stereocenters. The summed E-state index contributed by atoms with van der Waals surface area (Å²) in [5, 5.41) is 8.38. The van der Waals surface area contributed by atoms with Crippen molar-refractivity contribution in [2.45, 2.75) is 0 Å². The molecule has 1 aromatic rings. The smallest absolute Gasteiger partial charge is 1.00 e. The second-order valence-electron chi connectivity index (χ2n) is 1.67. The van der Waals surface area contributed by atoms with Gasteiger partial charge < -0.3 is 10.8 Å². The maximum Gasteiger partial charge on any atom is 2.00 e. The largest absolute Gasteiger partial charge is 2.00 e. The summed E-state index contributed by atoms with van der Waals surface area (Å²) in [6.45, 7) is 0. The van der Waals surface area contributed by atoms with Crippen molar-refractivity contribution >= 4 is 66.8 Å². The number of hydrogen-bond donors (Lipinski definition) is 1. The third-order valence-electron chi connectivity index (χ3n) is 1.02. The molecule has 0 heterocycles. The van der Waals surface area contributed by atoms with Crippen LogP contribution in [0.5, 0.6) is 0 Å². The molecular weight excluding hydrogens is 180 g/mol. The molecular formula is C7H10CaMgO2. The van der Waals surface area contributed by atoms with Crippen LogP contribution in [0.25, 0.3) is 0 Å². The standard InChI is InChI=1S/C7H6O2.Ca.Mg.4H/c8-7(9)6-4-2-1-3-5-6;;;;;;/h1-5H,(H,8,9);;;;;;/q;2*+2;4*-1. The van der Waals surface area contributed by atoms with Crippen molar-refractivity contribution in [2.75, 3.05) is 0 Å². The second kappa shape index (κ2) is 7.37. The van der Waals surface area contributed by atoms with Crippen molar-refractivity contribution in [1.82, 2.24) is 0 Å². The fourth-order valence-electron chi connectivity index (χ4n) is 0.581. The van der Waals surface area contributed by atoms with Crippen LogP contribution >= 0.6 is 0 Å². The van der Waals surface area contributed by atoms with Crippen LogP contribution in [0.3, 0.4) is 0 Å². The Balaban J connectivity index is -0.0000000337. The number of rotatable bonds is 1. The molecule has 0 radical (unpaired) electrons. The van der Waals surface area contributed by atoms with Gasteiger partial charge >= 0.3 is 66.8 Å². The summed E-state index contributed by atoms with van der Waals surface area (Å²) in [4.78, 5) is 10.2. The average Bonchev–Trinajstić information content (AvgIpc) is 1.90. The van der Waals surface area contributed by atoms with E-state index in [9.17, 15) is 4.79 Å². The molecule has 11 heavy (non-hydrogen) atoms. The van der Waals surface area contributed by atoms with Crippen molar-refractivity contribution in [3.8, 4) is 0 Å². The number of carbonyl (C=O) groups is 1. The number of carboxylic acid groups (broad SMARTS) is 1. The Bertz CT molecular complexity index is 225. The maximum atomic E-state index is 10.2. The van der Waals surface area contributed by atoms with Crippen LogP contribution < -0.4 is 0 Å². The summed E-state index contributed by atoms with van der Waals surface area (Å²) in [5.74, 6) is -0.879.